The van der Waals surface area contributed by atoms with Gasteiger partial charge in [0, 0.05) is 19.6 Å². The van der Waals surface area contributed by atoms with Crippen molar-refractivity contribution in [2.24, 2.45) is 0 Å². The fourth-order valence-corrected chi connectivity index (χ4v) is 3.72. The first kappa shape index (κ1) is 18.5. The molecule has 1 aliphatic heterocycles. The molecule has 30 heavy (non-hydrogen) atoms. The van der Waals surface area contributed by atoms with Crippen LogP contribution in [0.1, 0.15) is 0 Å². The number of hydrogen-bond acceptors (Lipinski definition) is 7. The van der Waals surface area contributed by atoms with Crippen LogP contribution >= 0.6 is 0 Å². The minimum Gasteiger partial charge on any atom is -0.378 e. The number of anilines is 1. The molecule has 0 aliphatic carbocycles. The zero-order valence-electron chi connectivity index (χ0n) is 16.4. The number of rotatable bonds is 6. The summed E-state index contributed by atoms with van der Waals surface area (Å²) in [6.07, 6.45) is 5.04. The topological polar surface area (TPSA) is 103 Å². The number of fused-ring (bicyclic) bond motifs is 2. The SMILES string of the molecule is O=C(Cn1cnc2ccccc21)NCCn1ncc2c(N3CCOCC3)ncnc21. The minimum atomic E-state index is -0.0711. The van der Waals surface area contributed by atoms with Gasteiger partial charge in [-0.1, -0.05) is 12.1 Å². The molecule has 1 amide bonds. The van der Waals surface area contributed by atoms with Crippen molar-refractivity contribution in [2.45, 2.75) is 13.1 Å². The summed E-state index contributed by atoms with van der Waals surface area (Å²) in [7, 11) is 0. The van der Waals surface area contributed by atoms with Crippen LogP contribution in [0.3, 0.4) is 0 Å². The van der Waals surface area contributed by atoms with Crippen LogP contribution < -0.4 is 10.2 Å². The predicted octanol–water partition coefficient (Wildman–Crippen LogP) is 0.829. The Balaban J connectivity index is 1.23. The molecule has 0 unspecified atom stereocenters. The Morgan fingerprint density at radius 2 is 2.00 bits per heavy atom. The van der Waals surface area contributed by atoms with Gasteiger partial charge in [-0.05, 0) is 12.1 Å². The molecule has 4 aromatic rings. The number of para-hydroxylation sites is 2. The van der Waals surface area contributed by atoms with Gasteiger partial charge in [0.1, 0.15) is 18.7 Å². The van der Waals surface area contributed by atoms with E-state index in [2.05, 4.69) is 30.3 Å². The van der Waals surface area contributed by atoms with Crippen LogP contribution in [-0.2, 0) is 22.6 Å². The van der Waals surface area contributed by atoms with Crippen LogP contribution in [0.25, 0.3) is 22.1 Å². The van der Waals surface area contributed by atoms with E-state index in [0.717, 1.165) is 41.0 Å². The maximum atomic E-state index is 12.4. The highest BCUT2D eigenvalue weighted by Crippen LogP contribution is 2.23. The van der Waals surface area contributed by atoms with Crippen molar-refractivity contribution in [3.63, 3.8) is 0 Å². The number of carbonyl (C=O) groups excluding carboxylic acids is 1. The number of amides is 1. The average Bonchev–Trinajstić information content (AvgIpc) is 3.39. The van der Waals surface area contributed by atoms with Gasteiger partial charge in [-0.2, -0.15) is 5.10 Å². The van der Waals surface area contributed by atoms with Crippen molar-refractivity contribution in [2.75, 3.05) is 37.7 Å². The lowest BCUT2D eigenvalue weighted by atomic mass is 10.3. The minimum absolute atomic E-state index is 0.0711. The molecule has 154 valence electrons. The number of hydrogen-bond donors (Lipinski definition) is 1. The van der Waals surface area contributed by atoms with Crippen molar-refractivity contribution in [1.29, 1.82) is 0 Å². The summed E-state index contributed by atoms with van der Waals surface area (Å²) in [6, 6.07) is 7.76. The molecule has 10 heteroatoms. The number of nitrogens with one attached hydrogen (secondary N) is 1. The smallest absolute Gasteiger partial charge is 0.240 e. The first-order valence-electron chi connectivity index (χ1n) is 9.95. The first-order chi connectivity index (χ1) is 14.8. The summed E-state index contributed by atoms with van der Waals surface area (Å²) in [6.45, 7) is 4.20. The predicted molar refractivity (Wildman–Crippen MR) is 111 cm³/mol. The summed E-state index contributed by atoms with van der Waals surface area (Å²) >= 11 is 0. The molecule has 1 fully saturated rings. The Hall–Kier alpha value is -3.53. The lowest BCUT2D eigenvalue weighted by Crippen LogP contribution is -2.36. The molecule has 4 heterocycles. The van der Waals surface area contributed by atoms with E-state index < -0.39 is 0 Å². The summed E-state index contributed by atoms with van der Waals surface area (Å²) in [5, 5.41) is 8.31. The molecule has 0 radical (unpaired) electrons. The maximum absolute atomic E-state index is 12.4. The van der Waals surface area contributed by atoms with E-state index in [1.165, 1.54) is 0 Å². The van der Waals surface area contributed by atoms with Crippen LogP contribution in [0.2, 0.25) is 0 Å². The third kappa shape index (κ3) is 3.57. The van der Waals surface area contributed by atoms with Gasteiger partial charge in [0.15, 0.2) is 5.65 Å². The highest BCUT2D eigenvalue weighted by Gasteiger charge is 2.18. The van der Waals surface area contributed by atoms with Gasteiger partial charge >= 0.3 is 0 Å². The number of benzene rings is 1. The first-order valence-corrected chi connectivity index (χ1v) is 9.95. The fourth-order valence-electron chi connectivity index (χ4n) is 3.72. The van der Waals surface area contributed by atoms with Gasteiger partial charge in [-0.15, -0.1) is 0 Å². The van der Waals surface area contributed by atoms with Crippen molar-refractivity contribution in [1.82, 2.24) is 34.6 Å². The largest absolute Gasteiger partial charge is 0.378 e. The Morgan fingerprint density at radius 1 is 1.13 bits per heavy atom. The molecule has 0 bridgehead atoms. The average molecular weight is 406 g/mol. The van der Waals surface area contributed by atoms with E-state index in [1.807, 2.05) is 28.8 Å². The summed E-state index contributed by atoms with van der Waals surface area (Å²) < 4.78 is 9.07. The molecule has 1 aromatic carbocycles. The third-order valence-electron chi connectivity index (χ3n) is 5.21. The molecule has 3 aromatic heterocycles. The number of aromatic nitrogens is 6. The van der Waals surface area contributed by atoms with Gasteiger partial charge in [0.25, 0.3) is 0 Å². The second-order valence-electron chi connectivity index (χ2n) is 7.11. The van der Waals surface area contributed by atoms with E-state index in [4.69, 9.17) is 4.74 Å². The van der Waals surface area contributed by atoms with Crippen molar-refractivity contribution < 1.29 is 9.53 Å². The highest BCUT2D eigenvalue weighted by atomic mass is 16.5. The van der Waals surface area contributed by atoms with Gasteiger partial charge in [-0.3, -0.25) is 4.79 Å². The molecule has 5 rings (SSSR count). The number of morpholine rings is 1. The zero-order chi connectivity index (χ0) is 20.3. The maximum Gasteiger partial charge on any atom is 0.240 e. The molecule has 0 atom stereocenters. The number of carbonyl (C=O) groups is 1. The fraction of sp³-hybridized carbons (Fsp3) is 0.350. The zero-order valence-corrected chi connectivity index (χ0v) is 16.4. The van der Waals surface area contributed by atoms with Gasteiger partial charge in [0.2, 0.25) is 5.91 Å². The van der Waals surface area contributed by atoms with E-state index in [9.17, 15) is 4.79 Å². The van der Waals surface area contributed by atoms with Gasteiger partial charge < -0.3 is 19.5 Å². The van der Waals surface area contributed by atoms with Crippen molar-refractivity contribution in [3.05, 3.63) is 43.1 Å². The van der Waals surface area contributed by atoms with Crippen molar-refractivity contribution >= 4 is 33.8 Å². The monoisotopic (exact) mass is 406 g/mol. The van der Waals surface area contributed by atoms with Gasteiger partial charge in [-0.25, -0.2) is 19.6 Å². The van der Waals surface area contributed by atoms with Crippen LogP contribution in [0, 0.1) is 0 Å². The molecule has 0 spiro atoms. The van der Waals surface area contributed by atoms with E-state index in [-0.39, 0.29) is 12.5 Å². The Morgan fingerprint density at radius 3 is 2.90 bits per heavy atom. The summed E-state index contributed by atoms with van der Waals surface area (Å²) in [4.78, 5) is 27.7. The normalized spacial score (nSPS) is 14.5. The second kappa shape index (κ2) is 8.07. The molecule has 1 N–H and O–H groups in total. The molecular weight excluding hydrogens is 384 g/mol. The highest BCUT2D eigenvalue weighted by molar-refractivity contribution is 5.86. The summed E-state index contributed by atoms with van der Waals surface area (Å²) in [5.74, 6) is 0.809. The van der Waals surface area contributed by atoms with Crippen LogP contribution in [0.5, 0.6) is 0 Å². The lowest BCUT2D eigenvalue weighted by Gasteiger charge is -2.27. The van der Waals surface area contributed by atoms with Crippen LogP contribution in [0.15, 0.2) is 43.1 Å². The Kier molecular flexibility index (Phi) is 4.98. The van der Waals surface area contributed by atoms with E-state index in [1.54, 1.807) is 23.5 Å². The molecule has 0 saturated carbocycles. The molecule has 10 nitrogen and oxygen atoms in total. The molecular formula is C20H22N8O2. The quantitative estimate of drug-likeness (QED) is 0.506. The Bertz CT molecular complexity index is 1180. The number of ether oxygens (including phenoxy) is 1. The summed E-state index contributed by atoms with van der Waals surface area (Å²) in [5.41, 5.74) is 2.59. The molecule has 1 aliphatic rings. The standard InChI is InChI=1S/C20H22N8O2/c29-18(12-27-14-24-16-3-1-2-4-17(16)27)21-5-6-28-20-15(11-25-28)19(22-13-23-20)26-7-9-30-10-8-26/h1-4,11,13-14H,5-10,12H2,(H,21,29). The number of imidazole rings is 1. The van der Waals surface area contributed by atoms with E-state index >= 15 is 0 Å². The Labute approximate surface area is 172 Å². The van der Waals surface area contributed by atoms with E-state index in [0.29, 0.717) is 26.3 Å². The van der Waals surface area contributed by atoms with Crippen LogP contribution in [0.4, 0.5) is 5.82 Å². The van der Waals surface area contributed by atoms with Gasteiger partial charge in [0.05, 0.1) is 48.7 Å². The molecule has 1 saturated heterocycles. The van der Waals surface area contributed by atoms with Crippen molar-refractivity contribution in [3.8, 4) is 0 Å². The number of nitrogens with zero attached hydrogens (tertiary/aromatic N) is 7. The van der Waals surface area contributed by atoms with Crippen LogP contribution in [-0.4, -0.2) is 68.1 Å². The lowest BCUT2D eigenvalue weighted by molar-refractivity contribution is -0.121. The third-order valence-corrected chi connectivity index (χ3v) is 5.21. The second-order valence-corrected chi connectivity index (χ2v) is 7.11.